The number of fused-ring (bicyclic) bond motifs is 1. The Labute approximate surface area is 171 Å². The first kappa shape index (κ1) is 19.1. The summed E-state index contributed by atoms with van der Waals surface area (Å²) in [5, 5.41) is 10.9. The van der Waals surface area contributed by atoms with Crippen molar-refractivity contribution in [3.8, 4) is 5.75 Å². The second-order valence-corrected chi connectivity index (χ2v) is 6.57. The van der Waals surface area contributed by atoms with Crippen LogP contribution in [0.1, 0.15) is 21.7 Å². The summed E-state index contributed by atoms with van der Waals surface area (Å²) in [7, 11) is 1.56. The Morgan fingerprint density at radius 3 is 2.37 bits per heavy atom. The molecular weight excluding hydrogens is 382 g/mol. The van der Waals surface area contributed by atoms with Crippen LogP contribution in [0, 0.1) is 10.1 Å². The van der Waals surface area contributed by atoms with E-state index in [4.69, 9.17) is 4.74 Å². The number of carbonyl (C=O) groups is 1. The summed E-state index contributed by atoms with van der Waals surface area (Å²) >= 11 is 0. The van der Waals surface area contributed by atoms with Crippen molar-refractivity contribution in [2.45, 2.75) is 0 Å². The lowest BCUT2D eigenvalue weighted by Gasteiger charge is -2.06. The Bertz CT molecular complexity index is 1220. The summed E-state index contributed by atoms with van der Waals surface area (Å²) in [4.78, 5) is 31.5. The molecule has 0 saturated carbocycles. The normalized spacial score (nSPS) is 11.4. The Balaban J connectivity index is 1.80. The summed E-state index contributed by atoms with van der Waals surface area (Å²) in [6.45, 7) is 0. The fourth-order valence-electron chi connectivity index (χ4n) is 3.08. The van der Waals surface area contributed by atoms with Crippen molar-refractivity contribution in [2.75, 3.05) is 7.11 Å². The van der Waals surface area contributed by atoms with Crippen LogP contribution in [0.25, 0.3) is 22.7 Å². The first-order valence-corrected chi connectivity index (χ1v) is 9.15. The Hall–Kier alpha value is -4.26. The Kier molecular flexibility index (Phi) is 5.09. The van der Waals surface area contributed by atoms with Crippen LogP contribution in [0.5, 0.6) is 5.75 Å². The van der Waals surface area contributed by atoms with E-state index in [2.05, 4.69) is 9.97 Å². The standard InChI is InChI=1S/C23H17N3O4/c1-30-18-12-8-16(9-13-18)22(27)19(14-15-6-10-17(11-7-15)26(28)29)23-24-20-4-2-3-5-21(20)25-23/h2-14H,1H3,(H,24,25)/b19-14-. The van der Waals surface area contributed by atoms with Crippen LogP contribution in [0.15, 0.2) is 72.8 Å². The molecule has 30 heavy (non-hydrogen) atoms. The molecule has 1 aromatic heterocycles. The van der Waals surface area contributed by atoms with Crippen LogP contribution >= 0.6 is 0 Å². The van der Waals surface area contributed by atoms with Gasteiger partial charge in [0.2, 0.25) is 0 Å². The zero-order chi connectivity index (χ0) is 21.1. The number of benzene rings is 3. The van der Waals surface area contributed by atoms with Gasteiger partial charge >= 0.3 is 0 Å². The number of H-pyrrole nitrogens is 1. The highest BCUT2D eigenvalue weighted by molar-refractivity contribution is 6.32. The molecule has 1 heterocycles. The van der Waals surface area contributed by atoms with E-state index in [1.165, 1.54) is 12.1 Å². The van der Waals surface area contributed by atoms with Crippen molar-refractivity contribution >= 4 is 34.2 Å². The number of allylic oxidation sites excluding steroid dienone is 1. The van der Waals surface area contributed by atoms with Crippen molar-refractivity contribution in [3.63, 3.8) is 0 Å². The first-order valence-electron chi connectivity index (χ1n) is 9.15. The van der Waals surface area contributed by atoms with Crippen LogP contribution in [-0.4, -0.2) is 27.8 Å². The number of carbonyl (C=O) groups excluding carboxylic acids is 1. The topological polar surface area (TPSA) is 98.1 Å². The molecule has 0 radical (unpaired) electrons. The van der Waals surface area contributed by atoms with Gasteiger partial charge in [-0.3, -0.25) is 14.9 Å². The second kappa shape index (κ2) is 8.00. The van der Waals surface area contributed by atoms with Crippen LogP contribution < -0.4 is 4.74 Å². The van der Waals surface area contributed by atoms with Gasteiger partial charge in [0, 0.05) is 17.7 Å². The maximum absolute atomic E-state index is 13.3. The minimum absolute atomic E-state index is 0.0149. The fraction of sp³-hybridized carbons (Fsp3) is 0.0435. The second-order valence-electron chi connectivity index (χ2n) is 6.57. The monoisotopic (exact) mass is 399 g/mol. The summed E-state index contributed by atoms with van der Waals surface area (Å²) in [5.41, 5.74) is 3.01. The largest absolute Gasteiger partial charge is 0.497 e. The number of non-ortho nitro benzene ring substituents is 1. The average molecular weight is 399 g/mol. The van der Waals surface area contributed by atoms with Crippen LogP contribution in [-0.2, 0) is 0 Å². The summed E-state index contributed by atoms with van der Waals surface area (Å²) in [6, 6.07) is 20.3. The van der Waals surface area contributed by atoms with Crippen LogP contribution in [0.2, 0.25) is 0 Å². The van der Waals surface area contributed by atoms with Gasteiger partial charge in [-0.2, -0.15) is 0 Å². The number of ketones is 1. The lowest BCUT2D eigenvalue weighted by Crippen LogP contribution is -2.04. The van der Waals surface area contributed by atoms with Crippen molar-refractivity contribution in [2.24, 2.45) is 0 Å². The molecule has 0 spiro atoms. The summed E-state index contributed by atoms with van der Waals surface area (Å²) in [6.07, 6.45) is 1.67. The maximum Gasteiger partial charge on any atom is 0.269 e. The van der Waals surface area contributed by atoms with E-state index in [1.54, 1.807) is 49.6 Å². The highest BCUT2D eigenvalue weighted by Crippen LogP contribution is 2.25. The van der Waals surface area contributed by atoms with Crippen molar-refractivity contribution in [1.29, 1.82) is 0 Å². The number of rotatable bonds is 6. The quantitative estimate of drug-likeness (QED) is 0.215. The van der Waals surface area contributed by atoms with Crippen LogP contribution in [0.3, 0.4) is 0 Å². The number of ether oxygens (including phenoxy) is 1. The molecule has 7 heteroatoms. The molecule has 148 valence electrons. The predicted octanol–water partition coefficient (Wildman–Crippen LogP) is 4.90. The molecule has 0 atom stereocenters. The number of aromatic nitrogens is 2. The third kappa shape index (κ3) is 3.81. The molecule has 1 N–H and O–H groups in total. The highest BCUT2D eigenvalue weighted by atomic mass is 16.6. The van der Waals surface area contributed by atoms with Gasteiger partial charge in [-0.25, -0.2) is 4.98 Å². The molecule has 0 fully saturated rings. The molecule has 0 amide bonds. The molecular formula is C23H17N3O4. The molecule has 4 aromatic rings. The zero-order valence-electron chi connectivity index (χ0n) is 16.0. The van der Waals surface area contributed by atoms with E-state index in [9.17, 15) is 14.9 Å². The smallest absolute Gasteiger partial charge is 0.269 e. The number of nitrogens with one attached hydrogen (secondary N) is 1. The minimum Gasteiger partial charge on any atom is -0.497 e. The lowest BCUT2D eigenvalue weighted by molar-refractivity contribution is -0.384. The maximum atomic E-state index is 13.3. The molecule has 0 bridgehead atoms. The van der Waals surface area contributed by atoms with Crippen molar-refractivity contribution in [1.82, 2.24) is 9.97 Å². The number of hydrogen-bond donors (Lipinski definition) is 1. The molecule has 4 rings (SSSR count). The number of nitrogens with zero attached hydrogens (tertiary/aromatic N) is 2. The molecule has 7 nitrogen and oxygen atoms in total. The van der Waals surface area contributed by atoms with E-state index in [0.717, 1.165) is 11.0 Å². The number of nitro benzene ring substituents is 1. The Morgan fingerprint density at radius 2 is 1.73 bits per heavy atom. The summed E-state index contributed by atoms with van der Waals surface area (Å²) < 4.78 is 5.16. The van der Waals surface area contributed by atoms with Crippen molar-refractivity contribution in [3.05, 3.63) is 99.9 Å². The van der Waals surface area contributed by atoms with E-state index in [-0.39, 0.29) is 11.5 Å². The average Bonchev–Trinajstić information content (AvgIpc) is 3.21. The van der Waals surface area contributed by atoms with Gasteiger partial charge in [0.15, 0.2) is 5.78 Å². The predicted molar refractivity (Wildman–Crippen MR) is 114 cm³/mol. The van der Waals surface area contributed by atoms with Gasteiger partial charge in [0.05, 0.1) is 28.6 Å². The molecule has 0 unspecified atom stereocenters. The third-order valence-corrected chi connectivity index (χ3v) is 4.66. The number of Topliss-reactive ketones (excluding diaryl/α,β-unsaturated/α-hetero) is 1. The number of para-hydroxylation sites is 2. The lowest BCUT2D eigenvalue weighted by atomic mass is 10.00. The zero-order valence-corrected chi connectivity index (χ0v) is 16.0. The van der Waals surface area contributed by atoms with E-state index in [0.29, 0.717) is 28.3 Å². The van der Waals surface area contributed by atoms with Crippen LogP contribution in [0.4, 0.5) is 5.69 Å². The van der Waals surface area contributed by atoms with E-state index >= 15 is 0 Å². The van der Waals surface area contributed by atoms with Gasteiger partial charge in [0.1, 0.15) is 11.6 Å². The minimum atomic E-state index is -0.462. The first-order chi connectivity index (χ1) is 14.5. The van der Waals surface area contributed by atoms with Gasteiger partial charge in [-0.05, 0) is 60.2 Å². The van der Waals surface area contributed by atoms with E-state index in [1.807, 2.05) is 24.3 Å². The Morgan fingerprint density at radius 1 is 1.03 bits per heavy atom. The SMILES string of the molecule is COc1ccc(C(=O)/C(=C/c2ccc([N+](=O)[O-])cc2)c2nc3ccccc3[nH]2)cc1. The molecule has 3 aromatic carbocycles. The van der Waals surface area contributed by atoms with E-state index < -0.39 is 4.92 Å². The number of aromatic amines is 1. The van der Waals surface area contributed by atoms with Gasteiger partial charge in [0.25, 0.3) is 5.69 Å². The summed E-state index contributed by atoms with van der Waals surface area (Å²) in [5.74, 6) is 0.849. The van der Waals surface area contributed by atoms with Crippen molar-refractivity contribution < 1.29 is 14.5 Å². The third-order valence-electron chi connectivity index (χ3n) is 4.66. The molecule has 0 aliphatic heterocycles. The number of nitro groups is 1. The van der Waals surface area contributed by atoms with Gasteiger partial charge in [-0.1, -0.05) is 12.1 Å². The number of methoxy groups -OCH3 is 1. The fourth-order valence-corrected chi connectivity index (χ4v) is 3.08. The van der Waals surface area contributed by atoms with Gasteiger partial charge in [-0.15, -0.1) is 0 Å². The molecule has 0 saturated heterocycles. The number of hydrogen-bond acceptors (Lipinski definition) is 5. The molecule has 0 aliphatic rings. The highest BCUT2D eigenvalue weighted by Gasteiger charge is 2.18. The number of imidazole rings is 1. The molecule has 0 aliphatic carbocycles. The van der Waals surface area contributed by atoms with Gasteiger partial charge < -0.3 is 9.72 Å².